The highest BCUT2D eigenvalue weighted by atomic mass is 16.5. The van der Waals surface area contributed by atoms with Crippen molar-refractivity contribution in [3.63, 3.8) is 0 Å². The Bertz CT molecular complexity index is 390. The van der Waals surface area contributed by atoms with Crippen molar-refractivity contribution < 1.29 is 9.53 Å². The molecule has 0 saturated carbocycles. The molecule has 3 heteroatoms. The van der Waals surface area contributed by atoms with E-state index in [1.165, 1.54) is 18.2 Å². The van der Waals surface area contributed by atoms with E-state index in [0.717, 1.165) is 32.4 Å². The maximum Gasteiger partial charge on any atom is 0.323 e. The number of benzene rings is 1. The minimum Gasteiger partial charge on any atom is -0.468 e. The molecule has 2 rings (SSSR count). The number of hydrogen-bond acceptors (Lipinski definition) is 3. The van der Waals surface area contributed by atoms with Crippen LogP contribution >= 0.6 is 0 Å². The van der Waals surface area contributed by atoms with Gasteiger partial charge in [0.1, 0.15) is 6.04 Å². The number of rotatable bonds is 3. The lowest BCUT2D eigenvalue weighted by Crippen LogP contribution is -2.42. The zero-order valence-electron chi connectivity index (χ0n) is 11.2. The fourth-order valence-corrected chi connectivity index (χ4v) is 2.71. The van der Waals surface area contributed by atoms with Crippen LogP contribution in [0.15, 0.2) is 24.3 Å². The summed E-state index contributed by atoms with van der Waals surface area (Å²) in [5, 5.41) is 0. The topological polar surface area (TPSA) is 29.5 Å². The van der Waals surface area contributed by atoms with Crippen molar-refractivity contribution in [2.75, 3.05) is 20.2 Å². The highest BCUT2D eigenvalue weighted by Gasteiger charge is 2.26. The van der Waals surface area contributed by atoms with E-state index in [9.17, 15) is 4.79 Å². The smallest absolute Gasteiger partial charge is 0.323 e. The summed E-state index contributed by atoms with van der Waals surface area (Å²) >= 11 is 0. The molecular weight excluding hydrogens is 226 g/mol. The lowest BCUT2D eigenvalue weighted by atomic mass is 10.0. The van der Waals surface area contributed by atoms with Gasteiger partial charge < -0.3 is 4.74 Å². The molecule has 1 atom stereocenters. The maximum atomic E-state index is 11.8. The Morgan fingerprint density at radius 1 is 1.28 bits per heavy atom. The molecule has 98 valence electrons. The number of nitrogens with zero attached hydrogens (tertiary/aromatic N) is 1. The van der Waals surface area contributed by atoms with E-state index in [1.807, 2.05) is 6.92 Å². The van der Waals surface area contributed by atoms with Crippen molar-refractivity contribution in [1.82, 2.24) is 4.90 Å². The third-order valence-electron chi connectivity index (χ3n) is 3.76. The van der Waals surface area contributed by atoms with Gasteiger partial charge in [-0.15, -0.1) is 0 Å². The summed E-state index contributed by atoms with van der Waals surface area (Å²) in [4.78, 5) is 14.0. The molecule has 0 amide bonds. The van der Waals surface area contributed by atoms with E-state index >= 15 is 0 Å². The highest BCUT2D eigenvalue weighted by molar-refractivity contribution is 5.75. The molecule has 0 saturated heterocycles. The summed E-state index contributed by atoms with van der Waals surface area (Å²) < 4.78 is 4.89. The van der Waals surface area contributed by atoms with E-state index in [0.29, 0.717) is 0 Å². The quantitative estimate of drug-likeness (QED) is 0.766. The lowest BCUT2D eigenvalue weighted by molar-refractivity contribution is -0.147. The van der Waals surface area contributed by atoms with Gasteiger partial charge >= 0.3 is 5.97 Å². The molecule has 3 nitrogen and oxygen atoms in total. The SMILES string of the molecule is CCC(C(=O)OC)N1CCc2ccccc2CC1. The second-order valence-corrected chi connectivity index (χ2v) is 4.75. The molecule has 0 radical (unpaired) electrons. The first-order chi connectivity index (χ1) is 8.76. The fraction of sp³-hybridized carbons (Fsp3) is 0.533. The zero-order chi connectivity index (χ0) is 13.0. The van der Waals surface area contributed by atoms with Crippen LogP contribution in [0.3, 0.4) is 0 Å². The van der Waals surface area contributed by atoms with Crippen LogP contribution in [0.1, 0.15) is 24.5 Å². The maximum absolute atomic E-state index is 11.8. The Hall–Kier alpha value is -1.35. The van der Waals surface area contributed by atoms with Gasteiger partial charge in [0.25, 0.3) is 0 Å². The van der Waals surface area contributed by atoms with Gasteiger partial charge in [-0.3, -0.25) is 9.69 Å². The first kappa shape index (κ1) is 13.1. The number of ether oxygens (including phenoxy) is 1. The van der Waals surface area contributed by atoms with Crippen LogP contribution in [-0.2, 0) is 22.4 Å². The largest absolute Gasteiger partial charge is 0.468 e. The molecule has 0 spiro atoms. The van der Waals surface area contributed by atoms with Gasteiger partial charge in [-0.1, -0.05) is 31.2 Å². The Balaban J connectivity index is 2.09. The van der Waals surface area contributed by atoms with E-state index in [-0.39, 0.29) is 12.0 Å². The third kappa shape index (κ3) is 2.72. The average Bonchev–Trinajstić information content (AvgIpc) is 2.62. The zero-order valence-corrected chi connectivity index (χ0v) is 11.2. The number of esters is 1. The number of carbonyl (C=O) groups is 1. The van der Waals surface area contributed by atoms with Gasteiger partial charge in [0.05, 0.1) is 7.11 Å². The van der Waals surface area contributed by atoms with Crippen molar-refractivity contribution in [2.24, 2.45) is 0 Å². The Morgan fingerprint density at radius 3 is 2.28 bits per heavy atom. The molecule has 1 unspecified atom stereocenters. The van der Waals surface area contributed by atoms with Crippen molar-refractivity contribution in [2.45, 2.75) is 32.2 Å². The van der Waals surface area contributed by atoms with Crippen molar-refractivity contribution in [3.05, 3.63) is 35.4 Å². The Labute approximate surface area is 109 Å². The van der Waals surface area contributed by atoms with Gasteiger partial charge in [-0.2, -0.15) is 0 Å². The van der Waals surface area contributed by atoms with Gasteiger partial charge in [0.2, 0.25) is 0 Å². The average molecular weight is 247 g/mol. The minimum atomic E-state index is -0.108. The fourth-order valence-electron chi connectivity index (χ4n) is 2.71. The number of fused-ring (bicyclic) bond motifs is 1. The molecule has 1 aliphatic rings. The van der Waals surface area contributed by atoms with E-state index in [2.05, 4.69) is 29.2 Å². The van der Waals surface area contributed by atoms with Gasteiger partial charge in [0.15, 0.2) is 0 Å². The second kappa shape index (κ2) is 6.01. The molecule has 0 aromatic heterocycles. The molecule has 1 aromatic rings. The van der Waals surface area contributed by atoms with Crippen molar-refractivity contribution >= 4 is 5.97 Å². The number of carbonyl (C=O) groups excluding carboxylic acids is 1. The van der Waals surface area contributed by atoms with Crippen LogP contribution in [-0.4, -0.2) is 37.1 Å². The second-order valence-electron chi connectivity index (χ2n) is 4.75. The molecule has 0 aliphatic carbocycles. The monoisotopic (exact) mass is 247 g/mol. The molecule has 1 aliphatic heterocycles. The molecule has 1 aromatic carbocycles. The predicted molar refractivity (Wildman–Crippen MR) is 71.5 cm³/mol. The van der Waals surface area contributed by atoms with Crippen molar-refractivity contribution in [3.8, 4) is 0 Å². The summed E-state index contributed by atoms with van der Waals surface area (Å²) in [6.07, 6.45) is 2.84. The first-order valence-electron chi connectivity index (χ1n) is 6.65. The molecule has 0 N–H and O–H groups in total. The van der Waals surface area contributed by atoms with Gasteiger partial charge in [-0.05, 0) is 30.4 Å². The summed E-state index contributed by atoms with van der Waals surface area (Å²) in [6, 6.07) is 8.47. The molecule has 0 bridgehead atoms. The highest BCUT2D eigenvalue weighted by Crippen LogP contribution is 2.18. The van der Waals surface area contributed by atoms with Crippen LogP contribution in [0, 0.1) is 0 Å². The third-order valence-corrected chi connectivity index (χ3v) is 3.76. The molecular formula is C15H21NO2. The minimum absolute atomic E-state index is 0.0932. The summed E-state index contributed by atoms with van der Waals surface area (Å²) in [6.45, 7) is 3.91. The van der Waals surface area contributed by atoms with E-state index in [4.69, 9.17) is 4.74 Å². The molecule has 18 heavy (non-hydrogen) atoms. The summed E-state index contributed by atoms with van der Waals surface area (Å²) in [5.41, 5.74) is 2.83. The normalized spacial score (nSPS) is 17.7. The molecule has 1 heterocycles. The van der Waals surface area contributed by atoms with Crippen LogP contribution in [0.2, 0.25) is 0 Å². The Kier molecular flexibility index (Phi) is 4.37. The first-order valence-corrected chi connectivity index (χ1v) is 6.65. The van der Waals surface area contributed by atoms with Gasteiger partial charge in [-0.25, -0.2) is 0 Å². The summed E-state index contributed by atoms with van der Waals surface area (Å²) in [5.74, 6) is -0.108. The molecule has 0 fully saturated rings. The van der Waals surface area contributed by atoms with Crippen LogP contribution in [0.4, 0.5) is 0 Å². The van der Waals surface area contributed by atoms with Crippen LogP contribution in [0.25, 0.3) is 0 Å². The number of methoxy groups -OCH3 is 1. The predicted octanol–water partition coefficient (Wildman–Crippen LogP) is 2.04. The lowest BCUT2D eigenvalue weighted by Gasteiger charge is -2.27. The van der Waals surface area contributed by atoms with E-state index in [1.54, 1.807) is 0 Å². The van der Waals surface area contributed by atoms with Gasteiger partial charge in [0, 0.05) is 13.1 Å². The number of hydrogen-bond donors (Lipinski definition) is 0. The van der Waals surface area contributed by atoms with Crippen LogP contribution < -0.4 is 0 Å². The summed E-state index contributed by atoms with van der Waals surface area (Å²) in [7, 11) is 1.47. The van der Waals surface area contributed by atoms with E-state index < -0.39 is 0 Å². The van der Waals surface area contributed by atoms with Crippen LogP contribution in [0.5, 0.6) is 0 Å². The van der Waals surface area contributed by atoms with Crippen molar-refractivity contribution in [1.29, 1.82) is 0 Å². The Morgan fingerprint density at radius 2 is 1.83 bits per heavy atom. The standard InChI is InChI=1S/C15H21NO2/c1-3-14(15(17)18-2)16-10-8-12-6-4-5-7-13(12)9-11-16/h4-7,14H,3,8-11H2,1-2H3.